The highest BCUT2D eigenvalue weighted by Gasteiger charge is 2.09. The van der Waals surface area contributed by atoms with E-state index in [-0.39, 0.29) is 18.6 Å². The zero-order valence-corrected chi connectivity index (χ0v) is 14.3. The summed E-state index contributed by atoms with van der Waals surface area (Å²) < 4.78 is 31.5. The number of amides is 2. The molecule has 0 bridgehead atoms. The minimum Gasteiger partial charge on any atom is -0.497 e. The Kier molecular flexibility index (Phi) is 6.74. The molecule has 0 aliphatic carbocycles. The molecule has 2 amide bonds. The van der Waals surface area contributed by atoms with Crippen LogP contribution in [-0.2, 0) is 12.8 Å². The number of ether oxygens (including phenoxy) is 1. The second-order valence-corrected chi connectivity index (χ2v) is 5.84. The van der Waals surface area contributed by atoms with E-state index < -0.39 is 11.6 Å². The van der Waals surface area contributed by atoms with Crippen LogP contribution in [0.3, 0.4) is 0 Å². The standard InChI is InChI=1S/C19H22F2N2O2/c1-13(10-14-4-3-5-17(11-14)25-2)23-19(24)22-9-8-15-6-7-16(20)12-18(15)21/h3-7,11-13H,8-10H2,1-2H3,(H2,22,23,24). The number of nitrogens with one attached hydrogen (secondary N) is 2. The number of carbonyl (C=O) groups is 1. The second-order valence-electron chi connectivity index (χ2n) is 5.84. The molecule has 4 nitrogen and oxygen atoms in total. The largest absolute Gasteiger partial charge is 0.497 e. The summed E-state index contributed by atoms with van der Waals surface area (Å²) in [7, 11) is 1.61. The van der Waals surface area contributed by atoms with Gasteiger partial charge in [0, 0.05) is 18.7 Å². The van der Waals surface area contributed by atoms with Gasteiger partial charge in [0.2, 0.25) is 0 Å². The fourth-order valence-corrected chi connectivity index (χ4v) is 2.51. The van der Waals surface area contributed by atoms with Crippen LogP contribution in [0.25, 0.3) is 0 Å². The molecule has 1 atom stereocenters. The Morgan fingerprint density at radius 3 is 2.72 bits per heavy atom. The lowest BCUT2D eigenvalue weighted by atomic mass is 10.1. The van der Waals surface area contributed by atoms with E-state index in [2.05, 4.69) is 10.6 Å². The number of halogens is 2. The predicted molar refractivity (Wildman–Crippen MR) is 92.8 cm³/mol. The molecule has 0 spiro atoms. The van der Waals surface area contributed by atoms with Crippen molar-refractivity contribution in [2.75, 3.05) is 13.7 Å². The molecule has 0 aliphatic heterocycles. The van der Waals surface area contributed by atoms with E-state index in [1.54, 1.807) is 7.11 Å². The molecule has 0 heterocycles. The van der Waals surface area contributed by atoms with Crippen molar-refractivity contribution in [1.82, 2.24) is 10.6 Å². The van der Waals surface area contributed by atoms with Crippen LogP contribution >= 0.6 is 0 Å². The minimum absolute atomic E-state index is 0.0744. The summed E-state index contributed by atoms with van der Waals surface area (Å²) >= 11 is 0. The molecule has 0 radical (unpaired) electrons. The van der Waals surface area contributed by atoms with Gasteiger partial charge in [0.1, 0.15) is 17.4 Å². The third-order valence-corrected chi connectivity index (χ3v) is 3.75. The Bertz CT molecular complexity index is 722. The lowest BCUT2D eigenvalue weighted by Crippen LogP contribution is -2.42. The van der Waals surface area contributed by atoms with Crippen molar-refractivity contribution in [3.05, 3.63) is 65.2 Å². The number of methoxy groups -OCH3 is 1. The molecular formula is C19H22F2N2O2. The third-order valence-electron chi connectivity index (χ3n) is 3.75. The van der Waals surface area contributed by atoms with Crippen molar-refractivity contribution in [1.29, 1.82) is 0 Å². The first-order chi connectivity index (χ1) is 12.0. The molecule has 134 valence electrons. The van der Waals surface area contributed by atoms with E-state index in [1.165, 1.54) is 12.1 Å². The monoisotopic (exact) mass is 348 g/mol. The highest BCUT2D eigenvalue weighted by atomic mass is 19.1. The van der Waals surface area contributed by atoms with Gasteiger partial charge < -0.3 is 15.4 Å². The van der Waals surface area contributed by atoms with E-state index in [0.29, 0.717) is 18.4 Å². The third kappa shape index (κ3) is 6.06. The van der Waals surface area contributed by atoms with Crippen LogP contribution in [-0.4, -0.2) is 25.7 Å². The molecule has 0 fully saturated rings. The summed E-state index contributed by atoms with van der Waals surface area (Å²) in [5.41, 5.74) is 1.42. The second kappa shape index (κ2) is 9.01. The van der Waals surface area contributed by atoms with Crippen molar-refractivity contribution in [2.24, 2.45) is 0 Å². The van der Waals surface area contributed by atoms with Gasteiger partial charge in [-0.25, -0.2) is 13.6 Å². The zero-order valence-electron chi connectivity index (χ0n) is 14.3. The summed E-state index contributed by atoms with van der Waals surface area (Å²) in [5, 5.41) is 5.51. The average molecular weight is 348 g/mol. The summed E-state index contributed by atoms with van der Waals surface area (Å²) in [5.74, 6) is -0.442. The van der Waals surface area contributed by atoms with Gasteiger partial charge in [-0.1, -0.05) is 18.2 Å². The van der Waals surface area contributed by atoms with E-state index in [4.69, 9.17) is 4.74 Å². The highest BCUT2D eigenvalue weighted by molar-refractivity contribution is 5.74. The van der Waals surface area contributed by atoms with Crippen LogP contribution in [0.2, 0.25) is 0 Å². The first kappa shape index (κ1) is 18.7. The van der Waals surface area contributed by atoms with Gasteiger partial charge >= 0.3 is 6.03 Å². The Morgan fingerprint density at radius 2 is 2.00 bits per heavy atom. The Hall–Kier alpha value is -2.63. The summed E-state index contributed by atoms with van der Waals surface area (Å²) in [6, 6.07) is 10.7. The summed E-state index contributed by atoms with van der Waals surface area (Å²) in [6.07, 6.45) is 0.959. The number of hydrogen-bond donors (Lipinski definition) is 2. The molecule has 2 aromatic carbocycles. The molecule has 2 rings (SSSR count). The van der Waals surface area contributed by atoms with Crippen LogP contribution < -0.4 is 15.4 Å². The first-order valence-corrected chi connectivity index (χ1v) is 8.09. The highest BCUT2D eigenvalue weighted by Crippen LogP contribution is 2.14. The van der Waals surface area contributed by atoms with E-state index in [1.807, 2.05) is 31.2 Å². The summed E-state index contributed by atoms with van der Waals surface area (Å²) in [4.78, 5) is 11.9. The maximum atomic E-state index is 13.5. The molecule has 25 heavy (non-hydrogen) atoms. The SMILES string of the molecule is COc1cccc(CC(C)NC(=O)NCCc2ccc(F)cc2F)c1. The van der Waals surface area contributed by atoms with E-state index in [9.17, 15) is 13.6 Å². The van der Waals surface area contributed by atoms with Gasteiger partial charge in [-0.3, -0.25) is 0 Å². The fraction of sp³-hybridized carbons (Fsp3) is 0.316. The maximum Gasteiger partial charge on any atom is 0.315 e. The predicted octanol–water partition coefficient (Wildman–Crippen LogP) is 3.45. The number of benzene rings is 2. The zero-order chi connectivity index (χ0) is 18.2. The van der Waals surface area contributed by atoms with Crippen molar-refractivity contribution in [3.63, 3.8) is 0 Å². The van der Waals surface area contributed by atoms with Gasteiger partial charge in [0.05, 0.1) is 7.11 Å². The molecule has 2 N–H and O–H groups in total. The molecule has 2 aromatic rings. The molecule has 0 saturated carbocycles. The first-order valence-electron chi connectivity index (χ1n) is 8.09. The summed E-state index contributed by atoms with van der Waals surface area (Å²) in [6.45, 7) is 2.17. The maximum absolute atomic E-state index is 13.5. The van der Waals surface area contributed by atoms with Gasteiger partial charge in [-0.15, -0.1) is 0 Å². The molecule has 0 aliphatic rings. The van der Waals surface area contributed by atoms with Crippen molar-refractivity contribution >= 4 is 6.03 Å². The average Bonchev–Trinajstić information content (AvgIpc) is 2.56. The molecular weight excluding hydrogens is 326 g/mol. The number of urea groups is 1. The fourth-order valence-electron chi connectivity index (χ4n) is 2.51. The molecule has 0 aromatic heterocycles. The molecule has 1 unspecified atom stereocenters. The van der Waals surface area contributed by atoms with Crippen molar-refractivity contribution in [3.8, 4) is 5.75 Å². The van der Waals surface area contributed by atoms with Crippen LogP contribution in [0.15, 0.2) is 42.5 Å². The Labute approximate surface area is 146 Å². The van der Waals surface area contributed by atoms with Gasteiger partial charge in [-0.2, -0.15) is 0 Å². The van der Waals surface area contributed by atoms with Crippen LogP contribution in [0.5, 0.6) is 5.75 Å². The van der Waals surface area contributed by atoms with E-state index in [0.717, 1.165) is 17.4 Å². The normalized spacial score (nSPS) is 11.7. The quantitative estimate of drug-likeness (QED) is 0.805. The molecule has 0 saturated heterocycles. The van der Waals surface area contributed by atoms with Crippen LogP contribution in [0, 0.1) is 11.6 Å². The topological polar surface area (TPSA) is 50.4 Å². The van der Waals surface area contributed by atoms with Crippen LogP contribution in [0.4, 0.5) is 13.6 Å². The minimum atomic E-state index is -0.613. The van der Waals surface area contributed by atoms with Crippen molar-refractivity contribution < 1.29 is 18.3 Å². The lowest BCUT2D eigenvalue weighted by Gasteiger charge is -2.15. The van der Waals surface area contributed by atoms with Crippen molar-refractivity contribution in [2.45, 2.75) is 25.8 Å². The Balaban J connectivity index is 1.75. The van der Waals surface area contributed by atoms with Crippen LogP contribution in [0.1, 0.15) is 18.1 Å². The Morgan fingerprint density at radius 1 is 1.20 bits per heavy atom. The van der Waals surface area contributed by atoms with Gasteiger partial charge in [0.25, 0.3) is 0 Å². The number of carbonyl (C=O) groups excluding carboxylic acids is 1. The number of rotatable bonds is 7. The van der Waals surface area contributed by atoms with E-state index >= 15 is 0 Å². The smallest absolute Gasteiger partial charge is 0.315 e. The lowest BCUT2D eigenvalue weighted by molar-refractivity contribution is 0.238. The molecule has 6 heteroatoms. The number of hydrogen-bond acceptors (Lipinski definition) is 2. The van der Waals surface area contributed by atoms with Gasteiger partial charge in [0.15, 0.2) is 0 Å². The van der Waals surface area contributed by atoms with Gasteiger partial charge in [-0.05, 0) is 49.1 Å².